The molecule has 4 aromatic rings. The first kappa shape index (κ1) is 30.4. The van der Waals surface area contributed by atoms with Crippen LogP contribution in [0.1, 0.15) is 34.4 Å². The zero-order chi connectivity index (χ0) is 31.8. The van der Waals surface area contributed by atoms with Gasteiger partial charge in [-0.05, 0) is 36.8 Å². The molecule has 0 spiro atoms. The molecule has 0 amide bonds. The highest BCUT2D eigenvalue weighted by Crippen LogP contribution is 2.35. The highest BCUT2D eigenvalue weighted by molar-refractivity contribution is 6.42. The normalized spacial score (nSPS) is 26.7. The number of aliphatic hydroxyl groups excluding tert-OH is 2. The zero-order valence-corrected chi connectivity index (χ0v) is 24.6. The third-order valence-electron chi connectivity index (χ3n) is 8.07. The van der Waals surface area contributed by atoms with Crippen molar-refractivity contribution in [1.82, 2.24) is 19.5 Å². The summed E-state index contributed by atoms with van der Waals surface area (Å²) >= 11 is 0. The molecule has 3 aliphatic rings. The van der Waals surface area contributed by atoms with Crippen LogP contribution in [0.5, 0.6) is 0 Å². The predicted octanol–water partition coefficient (Wildman–Crippen LogP) is 3.63. The smallest absolute Gasteiger partial charge is 0.387 e. The van der Waals surface area contributed by atoms with Crippen molar-refractivity contribution in [3.63, 3.8) is 0 Å². The van der Waals surface area contributed by atoms with Gasteiger partial charge in [0, 0.05) is 23.0 Å². The Bertz CT molecular complexity index is 1760. The molecule has 0 saturated carbocycles. The molecule has 0 radical (unpaired) electrons. The first-order valence-electron chi connectivity index (χ1n) is 14.8. The van der Waals surface area contributed by atoms with Crippen molar-refractivity contribution in [3.8, 4) is 5.82 Å². The number of hydrogen-bond donors (Lipinski definition) is 2. The predicted molar refractivity (Wildman–Crippen MR) is 163 cm³/mol. The van der Waals surface area contributed by atoms with E-state index in [-0.39, 0.29) is 30.4 Å². The lowest BCUT2D eigenvalue weighted by atomic mass is 9.98. The van der Waals surface area contributed by atoms with E-state index in [9.17, 15) is 18.8 Å². The van der Waals surface area contributed by atoms with E-state index < -0.39 is 44.4 Å². The molecule has 2 aromatic heterocycles. The third kappa shape index (κ3) is 5.86. The average Bonchev–Trinajstić information content (AvgIpc) is 3.86. The van der Waals surface area contributed by atoms with Gasteiger partial charge in [0.1, 0.15) is 35.9 Å². The number of nitrogens with zero attached hydrogens (tertiary/aromatic N) is 5. The fourth-order valence-corrected chi connectivity index (χ4v) is 5.77. The van der Waals surface area contributed by atoms with Gasteiger partial charge in [-0.1, -0.05) is 65.4 Å². The van der Waals surface area contributed by atoms with Crippen molar-refractivity contribution in [2.24, 2.45) is 4.99 Å². The van der Waals surface area contributed by atoms with Crippen LogP contribution >= 0.6 is 0 Å². The van der Waals surface area contributed by atoms with E-state index in [1.807, 2.05) is 61.5 Å². The lowest BCUT2D eigenvalue weighted by molar-refractivity contribution is -0.363. The summed E-state index contributed by atoms with van der Waals surface area (Å²) in [5, 5.41) is 29.8. The van der Waals surface area contributed by atoms with Gasteiger partial charge in [-0.3, -0.25) is 13.6 Å². The molecule has 236 valence electrons. The monoisotopic (exact) mass is 629 g/mol. The fraction of sp³-hybridized carbons (Fsp3) is 0.281. The van der Waals surface area contributed by atoms with Gasteiger partial charge in [0.2, 0.25) is 0 Å². The van der Waals surface area contributed by atoms with E-state index in [0.717, 1.165) is 21.2 Å². The summed E-state index contributed by atoms with van der Waals surface area (Å²) in [5.74, 6) is 0.0802. The number of fused-ring (bicyclic) bond motifs is 1. The zero-order valence-electron chi connectivity index (χ0n) is 24.6. The lowest BCUT2D eigenvalue weighted by Gasteiger charge is -2.46. The minimum Gasteiger partial charge on any atom is -0.387 e. The second kappa shape index (κ2) is 12.8. The molecule has 2 saturated heterocycles. The Morgan fingerprint density at radius 3 is 2.57 bits per heavy atom. The second-order valence-corrected chi connectivity index (χ2v) is 11.2. The molecule has 11 nitrogen and oxygen atoms in total. The van der Waals surface area contributed by atoms with Crippen molar-refractivity contribution < 1.29 is 37.8 Å². The van der Waals surface area contributed by atoms with Crippen LogP contribution in [-0.4, -0.2) is 80.6 Å². The van der Waals surface area contributed by atoms with Gasteiger partial charge in [-0.15, -0.1) is 5.10 Å². The number of aryl methyl sites for hydroxylation is 1. The standard InChI is InChI=1S/C32H30BF2N5O6/c1-19-9-11-20(12-10-19)27(23-8-5-15-36-23)24-13-14-26(40(24)33(34)35)39-16-22(37-38-39)17-43-32-29(42)28(41)30-25(45-32)18-44-31(46-30)21-6-3-2-4-7-21/h2-16,25,28-32,41-42H,17-18H2,1H3/b27-23-/t25-,28-,29-,30-,31-,32+/m0/s1. The van der Waals surface area contributed by atoms with Crippen molar-refractivity contribution in [3.05, 3.63) is 119 Å². The minimum absolute atomic E-state index is 0.0802. The summed E-state index contributed by atoms with van der Waals surface area (Å²) in [4.78, 5) is 4.39. The van der Waals surface area contributed by atoms with E-state index >= 15 is 0 Å². The van der Waals surface area contributed by atoms with Crippen molar-refractivity contribution >= 4 is 19.2 Å². The molecule has 5 heterocycles. The molecule has 2 aromatic carbocycles. The van der Waals surface area contributed by atoms with Gasteiger partial charge < -0.3 is 33.6 Å². The van der Waals surface area contributed by atoms with Crippen LogP contribution in [0.15, 0.2) is 95.8 Å². The summed E-state index contributed by atoms with van der Waals surface area (Å²) < 4.78 is 54.8. The van der Waals surface area contributed by atoms with Gasteiger partial charge >= 0.3 is 7.40 Å². The quantitative estimate of drug-likeness (QED) is 0.283. The molecule has 2 fully saturated rings. The van der Waals surface area contributed by atoms with Crippen molar-refractivity contribution in [1.29, 1.82) is 0 Å². The Morgan fingerprint density at radius 2 is 1.83 bits per heavy atom. The molecule has 2 N–H and O–H groups in total. The molecule has 0 unspecified atom stereocenters. The number of ether oxygens (including phenoxy) is 4. The van der Waals surface area contributed by atoms with Crippen LogP contribution in [0.2, 0.25) is 0 Å². The van der Waals surface area contributed by atoms with E-state index in [2.05, 4.69) is 15.3 Å². The first-order valence-corrected chi connectivity index (χ1v) is 14.8. The number of aliphatic imine (C=N–C) groups is 1. The topological polar surface area (TPSA) is 125 Å². The summed E-state index contributed by atoms with van der Waals surface area (Å²) in [6.07, 6.45) is 0.410. The number of halogens is 2. The Kier molecular flexibility index (Phi) is 8.47. The number of aromatic nitrogens is 4. The van der Waals surface area contributed by atoms with E-state index in [0.29, 0.717) is 11.3 Å². The maximum absolute atomic E-state index is 14.7. The molecule has 0 bridgehead atoms. The Morgan fingerprint density at radius 1 is 1.02 bits per heavy atom. The molecular formula is C32H30BF2N5O6. The molecule has 3 aliphatic heterocycles. The fourth-order valence-electron chi connectivity index (χ4n) is 5.77. The Balaban J connectivity index is 1.07. The van der Waals surface area contributed by atoms with Crippen molar-refractivity contribution in [2.45, 2.75) is 50.5 Å². The number of hydrogen-bond acceptors (Lipinski definition) is 9. The highest BCUT2D eigenvalue weighted by Gasteiger charge is 2.49. The average molecular weight is 629 g/mol. The summed E-state index contributed by atoms with van der Waals surface area (Å²) in [6.45, 7) is 1.88. The van der Waals surface area contributed by atoms with Crippen LogP contribution in [0.3, 0.4) is 0 Å². The SMILES string of the molecule is Cc1ccc(/C(=C2\C=CC=N2)c2ccc(-n3cc(CO[C@@H]4O[C@H]5CO[C@H](c6ccccc6)O[C@@H]5[C@@H](O)[C@@H]4O)nn3)n2B(F)F)cc1. The van der Waals surface area contributed by atoms with Crippen LogP contribution < -0.4 is 0 Å². The Hall–Kier alpha value is -4.31. The third-order valence-corrected chi connectivity index (χ3v) is 8.07. The highest BCUT2D eigenvalue weighted by atomic mass is 19.2. The van der Waals surface area contributed by atoms with E-state index in [1.54, 1.807) is 24.4 Å². The minimum atomic E-state index is -2.90. The summed E-state index contributed by atoms with van der Waals surface area (Å²) in [6, 6.07) is 20.0. The number of rotatable bonds is 8. The summed E-state index contributed by atoms with van der Waals surface area (Å²) in [5.41, 5.74) is 4.21. The number of aliphatic hydroxyl groups is 2. The molecule has 0 aliphatic carbocycles. The maximum atomic E-state index is 14.7. The van der Waals surface area contributed by atoms with Gasteiger partial charge in [0.25, 0.3) is 0 Å². The molecule has 6 atom stereocenters. The van der Waals surface area contributed by atoms with Crippen molar-refractivity contribution in [2.75, 3.05) is 6.61 Å². The number of benzene rings is 2. The number of allylic oxidation sites excluding steroid dienone is 2. The van der Waals surface area contributed by atoms with Crippen LogP contribution in [-0.2, 0) is 25.6 Å². The van der Waals surface area contributed by atoms with Gasteiger partial charge in [-0.25, -0.2) is 4.68 Å². The van der Waals surface area contributed by atoms with Crippen LogP contribution in [0, 0.1) is 6.92 Å². The summed E-state index contributed by atoms with van der Waals surface area (Å²) in [7, 11) is -2.90. The lowest BCUT2D eigenvalue weighted by Crippen LogP contribution is -2.62. The second-order valence-electron chi connectivity index (χ2n) is 11.2. The van der Waals surface area contributed by atoms with E-state index in [1.165, 1.54) is 16.9 Å². The first-order chi connectivity index (χ1) is 22.4. The van der Waals surface area contributed by atoms with Crippen LogP contribution in [0.25, 0.3) is 11.4 Å². The molecular weight excluding hydrogens is 599 g/mol. The van der Waals surface area contributed by atoms with E-state index in [4.69, 9.17) is 18.9 Å². The largest absolute Gasteiger partial charge is 0.679 e. The molecule has 7 rings (SSSR count). The van der Waals surface area contributed by atoms with Crippen LogP contribution in [0.4, 0.5) is 8.63 Å². The van der Waals surface area contributed by atoms with Gasteiger partial charge in [-0.2, -0.15) is 0 Å². The van der Waals surface area contributed by atoms with Gasteiger partial charge in [0.15, 0.2) is 12.6 Å². The molecule has 14 heteroatoms. The molecule has 46 heavy (non-hydrogen) atoms. The maximum Gasteiger partial charge on any atom is 0.679 e. The van der Waals surface area contributed by atoms with Gasteiger partial charge in [0.05, 0.1) is 25.1 Å². The Labute approximate surface area is 263 Å².